The molecule has 12 heteroatoms. The molecule has 0 aromatic carbocycles. The van der Waals surface area contributed by atoms with Crippen LogP contribution >= 0.6 is 0 Å². The summed E-state index contributed by atoms with van der Waals surface area (Å²) in [5.41, 5.74) is 0. The van der Waals surface area contributed by atoms with Crippen LogP contribution in [0.1, 0.15) is 1.43 Å². The summed E-state index contributed by atoms with van der Waals surface area (Å²) >= 11 is 0. The van der Waals surface area contributed by atoms with E-state index in [1.807, 2.05) is 0 Å². The van der Waals surface area contributed by atoms with E-state index in [1.165, 1.54) is 0 Å². The van der Waals surface area contributed by atoms with Crippen molar-refractivity contribution in [3.8, 4) is 0 Å². The topological polar surface area (TPSA) is 264 Å². The smallest absolute Gasteiger partial charge is 1.00 e. The van der Waals surface area contributed by atoms with Crippen molar-refractivity contribution in [1.82, 2.24) is 0 Å². The Morgan fingerprint density at radius 2 is 0.750 bits per heavy atom. The third-order valence-electron chi connectivity index (χ3n) is 0. The van der Waals surface area contributed by atoms with Crippen LogP contribution in [0.15, 0.2) is 0 Å². The van der Waals surface area contributed by atoms with E-state index in [0.717, 1.165) is 0 Å². The second-order valence-electron chi connectivity index (χ2n) is 0.448. The fourth-order valence-corrected chi connectivity index (χ4v) is 0. The Bertz CT molecular complexity index is 98.1. The predicted octanol–water partition coefficient (Wildman–Crippen LogP) is -8.48. The van der Waals surface area contributed by atoms with Crippen LogP contribution in [-0.2, 0) is 10.4 Å². The van der Waals surface area contributed by atoms with Gasteiger partial charge in [-0.15, -0.1) is 0 Å². The van der Waals surface area contributed by atoms with Crippen molar-refractivity contribution in [2.45, 2.75) is 0 Å². The monoisotopic (exact) mass is 292 g/mol. The van der Waals surface area contributed by atoms with E-state index < -0.39 is 10.4 Å². The van der Waals surface area contributed by atoms with E-state index >= 15 is 0 Å². The van der Waals surface area contributed by atoms with Crippen LogP contribution in [0.5, 0.6) is 0 Å². The van der Waals surface area contributed by atoms with Gasteiger partial charge in [0.05, 0.1) is 0 Å². The van der Waals surface area contributed by atoms with Crippen LogP contribution in [0.4, 0.5) is 0 Å². The molecule has 0 bridgehead atoms. The number of rotatable bonds is 0. The van der Waals surface area contributed by atoms with Gasteiger partial charge in [-0.2, -0.15) is 8.42 Å². The Labute approximate surface area is 119 Å². The van der Waals surface area contributed by atoms with Crippen LogP contribution in [0, 0.1) is 0 Å². The molecule has 82 valence electrons. The van der Waals surface area contributed by atoms with E-state index in [-0.39, 0.29) is 92.5 Å². The zero-order chi connectivity index (χ0) is 4.50. The minimum atomic E-state index is -4.67. The van der Waals surface area contributed by atoms with Gasteiger partial charge in [0.2, 0.25) is 0 Å². The first-order chi connectivity index (χ1) is 2.00. The summed E-state index contributed by atoms with van der Waals surface area (Å²) in [6, 6.07) is 0. The quantitative estimate of drug-likeness (QED) is 0.411. The van der Waals surface area contributed by atoms with Gasteiger partial charge in [0, 0.05) is 0 Å². The van der Waals surface area contributed by atoms with Crippen molar-refractivity contribution in [2.75, 3.05) is 0 Å². The van der Waals surface area contributed by atoms with Crippen molar-refractivity contribution in [1.29, 1.82) is 0 Å². The zero-order valence-electron chi connectivity index (χ0n) is 7.12. The molecule has 0 saturated carbocycles. The fraction of sp³-hybridized carbons (Fsp3) is 0. The normalized spacial score (nSPS) is 4.83. The molecule has 0 unspecified atom stereocenters. The van der Waals surface area contributed by atoms with Crippen molar-refractivity contribution >= 4 is 10.4 Å². The summed E-state index contributed by atoms with van der Waals surface area (Å²) in [5, 5.41) is 0. The van der Waals surface area contributed by atoms with Gasteiger partial charge in [-0.05, 0) is 0 Å². The largest absolute Gasteiger partial charge is 1.00 e. The van der Waals surface area contributed by atoms with E-state index in [2.05, 4.69) is 0 Å². The van der Waals surface area contributed by atoms with Gasteiger partial charge in [0.1, 0.15) is 0 Å². The average molecular weight is 293 g/mol. The summed E-state index contributed by atoms with van der Waals surface area (Å²) in [6.45, 7) is 0. The summed E-state index contributed by atoms with van der Waals surface area (Å²) < 4.78 is 31.6. The Hall–Kier alpha value is 1.44. The van der Waals surface area contributed by atoms with Crippen LogP contribution in [0.2, 0.25) is 0 Å². The molecule has 12 heavy (non-hydrogen) atoms. The molecule has 0 radical (unpaired) electrons. The number of hydrogen-bond donors (Lipinski definition) is 2. The minimum absolute atomic E-state index is 0. The molecule has 14 N–H and O–H groups in total. The first kappa shape index (κ1) is 70.3. The van der Waals surface area contributed by atoms with E-state index in [1.54, 1.807) is 0 Å². The maximum Gasteiger partial charge on any atom is 1.00 e. The molecule has 0 aromatic heterocycles. The molecule has 0 heterocycles. The van der Waals surface area contributed by atoms with Gasteiger partial charge in [-0.1, -0.05) is 0 Å². The standard InChI is InChI=1S/H2O4S.6H2O.Rb.H/c1-5(2,3)4;;;;;;;;/h(H2,1,2,3,4);6*1H2;;/q;;;;;;;+1;-1. The van der Waals surface area contributed by atoms with Crippen molar-refractivity contribution in [3.63, 3.8) is 0 Å². The van der Waals surface area contributed by atoms with E-state index in [4.69, 9.17) is 17.5 Å². The van der Waals surface area contributed by atoms with Gasteiger partial charge < -0.3 is 34.3 Å². The molecule has 0 saturated heterocycles. The predicted molar refractivity (Wildman–Crippen MR) is 37.0 cm³/mol. The Morgan fingerprint density at radius 3 is 0.750 bits per heavy atom. The Balaban J connectivity index is -0.00000000286. The molecule has 0 aliphatic carbocycles. The summed E-state index contributed by atoms with van der Waals surface area (Å²) in [4.78, 5) is 0. The summed E-state index contributed by atoms with van der Waals surface area (Å²) in [6.07, 6.45) is 0. The van der Waals surface area contributed by atoms with E-state index in [9.17, 15) is 0 Å². The second kappa shape index (κ2) is 29.4. The first-order valence-corrected chi connectivity index (χ1v) is 2.10. The van der Waals surface area contributed by atoms with Crippen LogP contribution < -0.4 is 58.2 Å². The molecular formula is H15O10RbS. The molecule has 10 nitrogen and oxygen atoms in total. The fourth-order valence-electron chi connectivity index (χ4n) is 0. The maximum atomic E-state index is 8.74. The number of hydrogen-bond acceptors (Lipinski definition) is 2. The van der Waals surface area contributed by atoms with Crippen molar-refractivity contribution < 1.29 is 110 Å². The minimum Gasteiger partial charge on any atom is -1.00 e. The van der Waals surface area contributed by atoms with Crippen molar-refractivity contribution in [3.05, 3.63) is 0 Å². The Kier molecular flexibility index (Phi) is 172. The maximum absolute atomic E-state index is 8.74. The van der Waals surface area contributed by atoms with Crippen LogP contribution in [0.3, 0.4) is 0 Å². The third kappa shape index (κ3) is 605. The third-order valence-corrected chi connectivity index (χ3v) is 0. The molecule has 0 fully saturated rings. The van der Waals surface area contributed by atoms with Gasteiger partial charge in [0.25, 0.3) is 0 Å². The van der Waals surface area contributed by atoms with Crippen molar-refractivity contribution in [2.24, 2.45) is 0 Å². The van der Waals surface area contributed by atoms with Crippen LogP contribution in [0.25, 0.3) is 0 Å². The zero-order valence-corrected chi connectivity index (χ0v) is 11.9. The summed E-state index contributed by atoms with van der Waals surface area (Å²) in [7, 11) is -4.67. The van der Waals surface area contributed by atoms with Gasteiger partial charge in [-0.3, -0.25) is 9.11 Å². The average Bonchev–Trinajstić information content (AvgIpc) is 0.722. The molecule has 0 aliphatic heterocycles. The molecule has 0 aliphatic rings. The molecule has 0 amide bonds. The SMILES string of the molecule is O.O.O.O.O.O.O=S(=O)(O)O.[H-].[Rb+]. The molecule has 0 atom stereocenters. The van der Waals surface area contributed by atoms with Gasteiger partial charge in [-0.25, -0.2) is 0 Å². The second-order valence-corrected chi connectivity index (χ2v) is 1.34. The summed E-state index contributed by atoms with van der Waals surface area (Å²) in [5.74, 6) is 0. The first-order valence-electron chi connectivity index (χ1n) is 0.698. The molecule has 0 spiro atoms. The van der Waals surface area contributed by atoms with E-state index in [0.29, 0.717) is 0 Å². The van der Waals surface area contributed by atoms with Gasteiger partial charge in [0.15, 0.2) is 0 Å². The molecule has 0 aromatic rings. The van der Waals surface area contributed by atoms with Crippen LogP contribution in [-0.4, -0.2) is 50.4 Å². The Morgan fingerprint density at radius 1 is 0.750 bits per heavy atom. The van der Waals surface area contributed by atoms with Gasteiger partial charge >= 0.3 is 68.6 Å². The molecular weight excluding hydrogens is 278 g/mol. The molecule has 0 rings (SSSR count).